The molecule has 2 aromatic carbocycles. The van der Waals surface area contributed by atoms with E-state index in [2.05, 4.69) is 21.9 Å². The first-order chi connectivity index (χ1) is 14.7. The SMILES string of the molecule is CC.COc1cccc2c1C(c1ccc(/C(=N/N)NN)cc1)=CC1(CCNCC1)O2. The zero-order chi connectivity index (χ0) is 21.6. The number of rotatable bonds is 3. The fourth-order valence-corrected chi connectivity index (χ4v) is 3.94. The Bertz CT molecular complexity index is 916. The van der Waals surface area contributed by atoms with Gasteiger partial charge in [-0.2, -0.15) is 5.10 Å². The molecule has 0 unspecified atom stereocenters. The van der Waals surface area contributed by atoms with Crippen LogP contribution in [0, 0.1) is 0 Å². The van der Waals surface area contributed by atoms with E-state index in [1.807, 2.05) is 56.3 Å². The van der Waals surface area contributed by atoms with E-state index in [0.29, 0.717) is 5.84 Å². The fraction of sp³-hybridized carbons (Fsp3) is 0.348. The van der Waals surface area contributed by atoms with E-state index in [1.165, 1.54) is 0 Å². The second kappa shape index (κ2) is 9.65. The zero-order valence-corrected chi connectivity index (χ0v) is 17.9. The second-order valence-electron chi connectivity index (χ2n) is 7.01. The van der Waals surface area contributed by atoms with Gasteiger partial charge in [-0.3, -0.25) is 0 Å². The van der Waals surface area contributed by atoms with Crippen LogP contribution in [-0.4, -0.2) is 31.6 Å². The van der Waals surface area contributed by atoms with Crippen LogP contribution in [0.1, 0.15) is 43.4 Å². The Kier molecular flexibility index (Phi) is 6.97. The first kappa shape index (κ1) is 21.7. The summed E-state index contributed by atoms with van der Waals surface area (Å²) in [5.74, 6) is 12.9. The van der Waals surface area contributed by atoms with Gasteiger partial charge in [-0.25, -0.2) is 5.84 Å². The van der Waals surface area contributed by atoms with Gasteiger partial charge in [-0.1, -0.05) is 44.2 Å². The van der Waals surface area contributed by atoms with Crippen molar-refractivity contribution in [3.63, 3.8) is 0 Å². The molecule has 2 aliphatic heterocycles. The number of nitrogens with one attached hydrogen (secondary N) is 2. The molecule has 2 aliphatic rings. The molecular weight excluding hydrogens is 378 g/mol. The average Bonchev–Trinajstić information content (AvgIpc) is 2.81. The van der Waals surface area contributed by atoms with Crippen LogP contribution in [-0.2, 0) is 0 Å². The monoisotopic (exact) mass is 409 g/mol. The lowest BCUT2D eigenvalue weighted by molar-refractivity contribution is 0.0813. The summed E-state index contributed by atoms with van der Waals surface area (Å²) in [6.45, 7) is 5.86. The smallest absolute Gasteiger partial charge is 0.166 e. The molecule has 4 rings (SSSR count). The summed E-state index contributed by atoms with van der Waals surface area (Å²) in [4.78, 5) is 0. The normalized spacial score (nSPS) is 17.1. The summed E-state index contributed by atoms with van der Waals surface area (Å²) in [5.41, 5.74) is 6.19. The maximum Gasteiger partial charge on any atom is 0.166 e. The van der Waals surface area contributed by atoms with E-state index >= 15 is 0 Å². The summed E-state index contributed by atoms with van der Waals surface area (Å²) < 4.78 is 12.1. The highest BCUT2D eigenvalue weighted by Crippen LogP contribution is 2.46. The van der Waals surface area contributed by atoms with E-state index in [1.54, 1.807) is 7.11 Å². The molecule has 0 bridgehead atoms. The van der Waals surface area contributed by atoms with Gasteiger partial charge in [0, 0.05) is 18.4 Å². The molecule has 2 aromatic rings. The molecule has 1 fully saturated rings. The van der Waals surface area contributed by atoms with Crippen molar-refractivity contribution in [1.82, 2.24) is 10.7 Å². The summed E-state index contributed by atoms with van der Waals surface area (Å²) in [6.07, 6.45) is 4.10. The highest BCUT2D eigenvalue weighted by Gasteiger charge is 2.38. The lowest BCUT2D eigenvalue weighted by Gasteiger charge is -2.40. The highest BCUT2D eigenvalue weighted by molar-refractivity contribution is 5.98. The summed E-state index contributed by atoms with van der Waals surface area (Å²) >= 11 is 0. The summed E-state index contributed by atoms with van der Waals surface area (Å²) in [6, 6.07) is 13.9. The molecule has 6 N–H and O–H groups in total. The van der Waals surface area contributed by atoms with Crippen LogP contribution in [0.15, 0.2) is 53.6 Å². The van der Waals surface area contributed by atoms with Gasteiger partial charge >= 0.3 is 0 Å². The topological polar surface area (TPSA) is 107 Å². The molecule has 0 saturated carbocycles. The van der Waals surface area contributed by atoms with Gasteiger partial charge in [0.25, 0.3) is 0 Å². The molecule has 0 atom stereocenters. The van der Waals surface area contributed by atoms with Crippen LogP contribution in [0.2, 0.25) is 0 Å². The minimum absolute atomic E-state index is 0.304. The molecule has 0 radical (unpaired) electrons. The van der Waals surface area contributed by atoms with Gasteiger partial charge in [0.15, 0.2) is 5.84 Å². The van der Waals surface area contributed by atoms with E-state index in [9.17, 15) is 0 Å². The fourth-order valence-electron chi connectivity index (χ4n) is 3.94. The number of piperidine rings is 1. The quantitative estimate of drug-likeness (QED) is 0.269. The molecule has 1 spiro atoms. The number of benzene rings is 2. The third kappa shape index (κ3) is 4.13. The Morgan fingerprint density at radius 2 is 1.83 bits per heavy atom. The Hall–Kier alpha value is -3.03. The summed E-state index contributed by atoms with van der Waals surface area (Å²) in [7, 11) is 1.68. The maximum absolute atomic E-state index is 6.49. The van der Waals surface area contributed by atoms with Gasteiger partial charge in [0.1, 0.15) is 17.1 Å². The van der Waals surface area contributed by atoms with Crippen molar-refractivity contribution in [2.24, 2.45) is 16.8 Å². The van der Waals surface area contributed by atoms with Gasteiger partial charge in [-0.05, 0) is 42.4 Å². The number of hydrazine groups is 1. The predicted octanol–water partition coefficient (Wildman–Crippen LogP) is 2.75. The first-order valence-electron chi connectivity index (χ1n) is 10.3. The van der Waals surface area contributed by atoms with Crippen LogP contribution in [0.3, 0.4) is 0 Å². The molecule has 160 valence electrons. The molecule has 7 nitrogen and oxygen atoms in total. The molecule has 1 saturated heterocycles. The molecular formula is C23H31N5O2. The van der Waals surface area contributed by atoms with Crippen LogP contribution < -0.4 is 31.9 Å². The van der Waals surface area contributed by atoms with E-state index in [0.717, 1.165) is 59.7 Å². The molecule has 0 amide bonds. The van der Waals surface area contributed by atoms with E-state index in [-0.39, 0.29) is 5.60 Å². The van der Waals surface area contributed by atoms with Crippen LogP contribution in [0.4, 0.5) is 0 Å². The second-order valence-corrected chi connectivity index (χ2v) is 7.01. The Morgan fingerprint density at radius 3 is 2.43 bits per heavy atom. The van der Waals surface area contributed by atoms with Crippen molar-refractivity contribution in [2.45, 2.75) is 32.3 Å². The number of ether oxygens (including phenoxy) is 2. The number of nitrogens with two attached hydrogens (primary N) is 2. The Morgan fingerprint density at radius 1 is 1.13 bits per heavy atom. The minimum Gasteiger partial charge on any atom is -0.496 e. The summed E-state index contributed by atoms with van der Waals surface area (Å²) in [5, 5.41) is 7.08. The first-order valence-corrected chi connectivity index (χ1v) is 10.3. The molecule has 0 aliphatic carbocycles. The number of hydrogen-bond acceptors (Lipinski definition) is 6. The number of nitrogens with zero attached hydrogens (tertiary/aromatic N) is 1. The third-order valence-electron chi connectivity index (χ3n) is 5.38. The van der Waals surface area contributed by atoms with E-state index < -0.39 is 0 Å². The van der Waals surface area contributed by atoms with Crippen molar-refractivity contribution in [3.05, 3.63) is 65.2 Å². The van der Waals surface area contributed by atoms with Crippen LogP contribution >= 0.6 is 0 Å². The van der Waals surface area contributed by atoms with Gasteiger partial charge in [0.05, 0.1) is 12.7 Å². The van der Waals surface area contributed by atoms with Crippen molar-refractivity contribution in [2.75, 3.05) is 20.2 Å². The minimum atomic E-state index is -0.304. The largest absolute Gasteiger partial charge is 0.496 e. The standard InChI is InChI=1S/C21H25N5O2.C2H6/c1-27-17-3-2-4-18-19(17)16(13-21(28-18)9-11-24-12-10-21)14-5-7-15(8-6-14)20(25-22)26-23;1-2/h2-8,13,24H,9-12,22-23H2,1H3,(H,25,26);1-2H3. The lowest BCUT2D eigenvalue weighted by atomic mass is 9.83. The predicted molar refractivity (Wildman–Crippen MR) is 121 cm³/mol. The zero-order valence-electron chi connectivity index (χ0n) is 17.9. The highest BCUT2D eigenvalue weighted by atomic mass is 16.5. The van der Waals surface area contributed by atoms with Gasteiger partial charge < -0.3 is 26.1 Å². The number of fused-ring (bicyclic) bond motifs is 1. The maximum atomic E-state index is 6.49. The average molecular weight is 410 g/mol. The van der Waals surface area contributed by atoms with Crippen LogP contribution in [0.25, 0.3) is 5.57 Å². The van der Waals surface area contributed by atoms with E-state index in [4.69, 9.17) is 21.2 Å². The van der Waals surface area contributed by atoms with Crippen molar-refractivity contribution in [1.29, 1.82) is 0 Å². The van der Waals surface area contributed by atoms with Gasteiger partial charge in [0.2, 0.25) is 0 Å². The Balaban J connectivity index is 0.00000124. The van der Waals surface area contributed by atoms with Crippen molar-refractivity contribution in [3.8, 4) is 11.5 Å². The molecule has 30 heavy (non-hydrogen) atoms. The number of amidine groups is 1. The van der Waals surface area contributed by atoms with Crippen LogP contribution in [0.5, 0.6) is 11.5 Å². The molecule has 7 heteroatoms. The lowest BCUT2D eigenvalue weighted by Crippen LogP contribution is -2.46. The number of methoxy groups -OCH3 is 1. The third-order valence-corrected chi connectivity index (χ3v) is 5.38. The van der Waals surface area contributed by atoms with Crippen molar-refractivity contribution >= 4 is 11.4 Å². The van der Waals surface area contributed by atoms with Crippen molar-refractivity contribution < 1.29 is 9.47 Å². The van der Waals surface area contributed by atoms with Gasteiger partial charge in [-0.15, -0.1) is 0 Å². The number of hydrazone groups is 1. The molecule has 0 aromatic heterocycles. The number of hydrogen-bond donors (Lipinski definition) is 4. The Labute approximate surface area is 178 Å². The molecule has 2 heterocycles.